The molecular weight excluding hydrogens is 335 g/mol. The maximum absolute atomic E-state index is 13.8. The molecule has 0 aliphatic rings. The van der Waals surface area contributed by atoms with Crippen LogP contribution >= 0.6 is 0 Å². The van der Waals surface area contributed by atoms with Crippen molar-refractivity contribution in [3.8, 4) is 16.9 Å². The van der Waals surface area contributed by atoms with Gasteiger partial charge in [0.05, 0.1) is 16.3 Å². The fourth-order valence-corrected chi connectivity index (χ4v) is 2.80. The molecule has 1 aromatic heterocycles. The fraction of sp³-hybridized carbons (Fsp3) is 0.0625. The summed E-state index contributed by atoms with van der Waals surface area (Å²) in [7, 11) is -3.81. The van der Waals surface area contributed by atoms with Gasteiger partial charge in [-0.2, -0.15) is 0 Å². The zero-order chi connectivity index (χ0) is 17.5. The van der Waals surface area contributed by atoms with Gasteiger partial charge in [-0.25, -0.2) is 27.3 Å². The van der Waals surface area contributed by atoms with E-state index in [9.17, 15) is 17.6 Å². The van der Waals surface area contributed by atoms with Crippen molar-refractivity contribution >= 4 is 10.0 Å². The summed E-state index contributed by atoms with van der Waals surface area (Å²) in [5.41, 5.74) is 1.65. The van der Waals surface area contributed by atoms with E-state index >= 15 is 0 Å². The number of sulfonamides is 1. The molecule has 0 atom stereocenters. The standard InChI is InChI=1S/C16H13FN2O4S/c1-10-2-5-12(8-14(10)17)19-15(9-23-16(19)20)11-3-6-13(7-4-11)24(18,21)22/h2-9H,1H3,(H2,18,21,22). The summed E-state index contributed by atoms with van der Waals surface area (Å²) in [4.78, 5) is 11.9. The molecule has 2 N–H and O–H groups in total. The first-order chi connectivity index (χ1) is 11.3. The van der Waals surface area contributed by atoms with Gasteiger partial charge >= 0.3 is 5.76 Å². The Labute approximate surface area is 137 Å². The summed E-state index contributed by atoms with van der Waals surface area (Å²) in [6.07, 6.45) is 1.23. The topological polar surface area (TPSA) is 95.3 Å². The van der Waals surface area contributed by atoms with Crippen LogP contribution in [0.5, 0.6) is 0 Å². The third-order valence-electron chi connectivity index (χ3n) is 3.59. The largest absolute Gasteiger partial charge is 0.424 e. The molecule has 0 radical (unpaired) electrons. The number of aromatic nitrogens is 1. The second kappa shape index (κ2) is 5.73. The zero-order valence-electron chi connectivity index (χ0n) is 12.6. The lowest BCUT2D eigenvalue weighted by molar-refractivity contribution is 0.503. The molecule has 6 nitrogen and oxygen atoms in total. The zero-order valence-corrected chi connectivity index (χ0v) is 13.4. The Kier molecular flexibility index (Phi) is 3.86. The average Bonchev–Trinajstić information content (AvgIpc) is 2.91. The van der Waals surface area contributed by atoms with Crippen molar-refractivity contribution < 1.29 is 17.2 Å². The van der Waals surface area contributed by atoms with E-state index in [1.165, 1.54) is 41.2 Å². The molecule has 3 rings (SSSR count). The van der Waals surface area contributed by atoms with Crippen molar-refractivity contribution in [3.05, 3.63) is 70.7 Å². The number of nitrogens with zero attached hydrogens (tertiary/aromatic N) is 1. The smallest absolute Gasteiger partial charge is 0.415 e. The molecule has 0 fully saturated rings. The van der Waals surface area contributed by atoms with E-state index in [4.69, 9.17) is 9.56 Å². The summed E-state index contributed by atoms with van der Waals surface area (Å²) in [6, 6.07) is 10.0. The van der Waals surface area contributed by atoms with Crippen LogP contribution in [-0.4, -0.2) is 13.0 Å². The van der Waals surface area contributed by atoms with Gasteiger partial charge in [-0.05, 0) is 36.8 Å². The number of nitrogens with two attached hydrogens (primary N) is 1. The number of benzene rings is 2. The highest BCUT2D eigenvalue weighted by Crippen LogP contribution is 2.24. The molecule has 24 heavy (non-hydrogen) atoms. The van der Waals surface area contributed by atoms with Gasteiger partial charge in [0.25, 0.3) is 0 Å². The van der Waals surface area contributed by atoms with Gasteiger partial charge in [-0.1, -0.05) is 18.2 Å². The Morgan fingerprint density at radius 1 is 1.12 bits per heavy atom. The van der Waals surface area contributed by atoms with E-state index in [0.717, 1.165) is 0 Å². The van der Waals surface area contributed by atoms with Crippen LogP contribution in [0.3, 0.4) is 0 Å². The number of oxazole rings is 1. The molecule has 2 aromatic carbocycles. The fourth-order valence-electron chi connectivity index (χ4n) is 2.29. The van der Waals surface area contributed by atoms with Gasteiger partial charge in [0.2, 0.25) is 10.0 Å². The highest BCUT2D eigenvalue weighted by molar-refractivity contribution is 7.89. The first-order valence-corrected chi connectivity index (χ1v) is 8.42. The van der Waals surface area contributed by atoms with E-state index in [1.54, 1.807) is 19.1 Å². The van der Waals surface area contributed by atoms with Crippen LogP contribution in [0.2, 0.25) is 0 Å². The molecule has 3 aromatic rings. The van der Waals surface area contributed by atoms with E-state index < -0.39 is 21.6 Å². The van der Waals surface area contributed by atoms with Crippen LogP contribution in [0.4, 0.5) is 4.39 Å². The van der Waals surface area contributed by atoms with Gasteiger partial charge in [0, 0.05) is 5.56 Å². The average molecular weight is 348 g/mol. The normalized spacial score (nSPS) is 11.6. The molecule has 8 heteroatoms. The predicted octanol–water partition coefficient (Wildman–Crippen LogP) is 2.19. The Morgan fingerprint density at radius 3 is 2.38 bits per heavy atom. The quantitative estimate of drug-likeness (QED) is 0.785. The molecule has 0 saturated heterocycles. The SMILES string of the molecule is Cc1ccc(-n2c(-c3ccc(S(N)(=O)=O)cc3)coc2=O)cc1F. The first kappa shape index (κ1) is 16.2. The molecule has 124 valence electrons. The summed E-state index contributed by atoms with van der Waals surface area (Å²) < 4.78 is 42.5. The third-order valence-corrected chi connectivity index (χ3v) is 4.52. The number of rotatable bonds is 3. The van der Waals surface area contributed by atoms with Crippen molar-refractivity contribution in [2.75, 3.05) is 0 Å². The Hall–Kier alpha value is -2.71. The summed E-state index contributed by atoms with van der Waals surface area (Å²) >= 11 is 0. The van der Waals surface area contributed by atoms with Gasteiger partial charge in [-0.3, -0.25) is 0 Å². The predicted molar refractivity (Wildman–Crippen MR) is 85.8 cm³/mol. The molecule has 0 saturated carbocycles. The van der Waals surface area contributed by atoms with Gasteiger partial charge in [0.1, 0.15) is 12.1 Å². The molecule has 0 bridgehead atoms. The highest BCUT2D eigenvalue weighted by atomic mass is 32.2. The molecule has 0 aliphatic carbocycles. The minimum absolute atomic E-state index is 0.0509. The monoisotopic (exact) mass is 348 g/mol. The second-order valence-electron chi connectivity index (χ2n) is 5.23. The number of primary sulfonamides is 1. The molecule has 0 spiro atoms. The minimum atomic E-state index is -3.81. The Morgan fingerprint density at radius 2 is 1.79 bits per heavy atom. The molecule has 0 unspecified atom stereocenters. The Bertz CT molecular complexity index is 1070. The van der Waals surface area contributed by atoms with E-state index in [2.05, 4.69) is 0 Å². The van der Waals surface area contributed by atoms with E-state index in [0.29, 0.717) is 22.5 Å². The van der Waals surface area contributed by atoms with E-state index in [-0.39, 0.29) is 4.90 Å². The van der Waals surface area contributed by atoms with Crippen molar-refractivity contribution in [3.63, 3.8) is 0 Å². The summed E-state index contributed by atoms with van der Waals surface area (Å²) in [6.45, 7) is 1.62. The van der Waals surface area contributed by atoms with Gasteiger partial charge in [-0.15, -0.1) is 0 Å². The van der Waals surface area contributed by atoms with Crippen molar-refractivity contribution in [1.29, 1.82) is 0 Å². The van der Waals surface area contributed by atoms with Crippen LogP contribution in [-0.2, 0) is 10.0 Å². The number of aryl methyl sites for hydroxylation is 1. The van der Waals surface area contributed by atoms with Crippen LogP contribution in [0.15, 0.2) is 62.8 Å². The number of hydrogen-bond donors (Lipinski definition) is 1. The molecule has 1 heterocycles. The highest BCUT2D eigenvalue weighted by Gasteiger charge is 2.15. The summed E-state index contributed by atoms with van der Waals surface area (Å²) in [5, 5.41) is 5.06. The first-order valence-electron chi connectivity index (χ1n) is 6.87. The number of halogens is 1. The van der Waals surface area contributed by atoms with E-state index in [1.807, 2.05) is 0 Å². The lowest BCUT2D eigenvalue weighted by Crippen LogP contribution is -2.14. The molecule has 0 amide bonds. The summed E-state index contributed by atoms with van der Waals surface area (Å²) in [5.74, 6) is -1.13. The lowest BCUT2D eigenvalue weighted by Gasteiger charge is -2.08. The van der Waals surface area contributed by atoms with Crippen molar-refractivity contribution in [2.45, 2.75) is 11.8 Å². The Balaban J connectivity index is 2.14. The molecular formula is C16H13FN2O4S. The maximum atomic E-state index is 13.8. The molecule has 0 aliphatic heterocycles. The van der Waals surface area contributed by atoms with Crippen LogP contribution in [0.25, 0.3) is 16.9 Å². The van der Waals surface area contributed by atoms with Crippen molar-refractivity contribution in [2.24, 2.45) is 5.14 Å². The lowest BCUT2D eigenvalue weighted by atomic mass is 10.1. The van der Waals surface area contributed by atoms with Crippen LogP contribution in [0, 0.1) is 12.7 Å². The minimum Gasteiger partial charge on any atom is -0.415 e. The second-order valence-corrected chi connectivity index (χ2v) is 6.79. The van der Waals surface area contributed by atoms with Gasteiger partial charge < -0.3 is 4.42 Å². The third kappa shape index (κ3) is 2.89. The van der Waals surface area contributed by atoms with Crippen LogP contribution < -0.4 is 10.9 Å². The maximum Gasteiger partial charge on any atom is 0.424 e. The van der Waals surface area contributed by atoms with Crippen LogP contribution in [0.1, 0.15) is 5.56 Å². The van der Waals surface area contributed by atoms with Gasteiger partial charge in [0.15, 0.2) is 0 Å². The van der Waals surface area contributed by atoms with Crippen molar-refractivity contribution in [1.82, 2.24) is 4.57 Å². The number of hydrogen-bond acceptors (Lipinski definition) is 4.